The fraction of sp³-hybridized carbons (Fsp3) is 0.400. The first-order valence-electron chi connectivity index (χ1n) is 4.95. The molecular weight excluding hydrogens is 274 g/mol. The van der Waals surface area contributed by atoms with Crippen LogP contribution < -0.4 is 0 Å². The number of nitrogens with one attached hydrogen (secondary N) is 1. The van der Waals surface area contributed by atoms with E-state index in [0.717, 1.165) is 5.39 Å². The van der Waals surface area contributed by atoms with Crippen LogP contribution in [0.1, 0.15) is 18.2 Å². The van der Waals surface area contributed by atoms with Crippen LogP contribution in [0.15, 0.2) is 18.3 Å². The Morgan fingerprint density at radius 3 is 3.00 bits per heavy atom. The van der Waals surface area contributed by atoms with Gasteiger partial charge in [0.15, 0.2) is 5.65 Å². The Hall–Kier alpha value is -0.980. The van der Waals surface area contributed by atoms with Crippen LogP contribution in [0.2, 0.25) is 0 Å². The summed E-state index contributed by atoms with van der Waals surface area (Å²) in [6, 6.07) is 3.58. The molecule has 6 heteroatoms. The number of fused-ring (bicyclic) bond motifs is 1. The summed E-state index contributed by atoms with van der Waals surface area (Å²) in [5.41, 5.74) is 1.05. The average Bonchev–Trinajstić information content (AvgIpc) is 2.72. The second-order valence-corrected chi connectivity index (χ2v) is 4.29. The summed E-state index contributed by atoms with van der Waals surface area (Å²) in [5, 5.41) is 27.7. The molecule has 2 atom stereocenters. The topological polar surface area (TPSA) is 82.0 Å². The van der Waals surface area contributed by atoms with E-state index in [2.05, 4.69) is 31.1 Å². The summed E-state index contributed by atoms with van der Waals surface area (Å²) >= 11 is 3.22. The van der Waals surface area contributed by atoms with Gasteiger partial charge in [-0.2, -0.15) is 5.10 Å². The molecule has 2 heterocycles. The van der Waals surface area contributed by atoms with Crippen LogP contribution in [0.4, 0.5) is 0 Å². The van der Waals surface area contributed by atoms with Crippen molar-refractivity contribution < 1.29 is 10.2 Å². The zero-order chi connectivity index (χ0) is 11.5. The highest BCUT2D eigenvalue weighted by Gasteiger charge is 2.21. The zero-order valence-electron chi connectivity index (χ0n) is 8.47. The Morgan fingerprint density at radius 1 is 1.44 bits per heavy atom. The van der Waals surface area contributed by atoms with Crippen molar-refractivity contribution in [3.05, 3.63) is 24.0 Å². The van der Waals surface area contributed by atoms with Crippen LogP contribution in [0.3, 0.4) is 0 Å². The van der Waals surface area contributed by atoms with Gasteiger partial charge in [-0.1, -0.05) is 15.9 Å². The van der Waals surface area contributed by atoms with Crippen LogP contribution in [0.5, 0.6) is 0 Å². The highest BCUT2D eigenvalue weighted by Crippen LogP contribution is 2.24. The Labute approximate surface area is 101 Å². The molecule has 0 aromatic carbocycles. The average molecular weight is 286 g/mol. The lowest BCUT2D eigenvalue weighted by atomic mass is 10.1. The van der Waals surface area contributed by atoms with Gasteiger partial charge in [0, 0.05) is 16.9 Å². The summed E-state index contributed by atoms with van der Waals surface area (Å²) in [5.74, 6) is 0. The standard InChI is InChI=1S/C10H12BrN3O2/c11-4-3-7(15)9(16)8-6-2-1-5-12-10(6)14-13-8/h1-2,5,7,9,15-16H,3-4H2,(H,12,13,14). The van der Waals surface area contributed by atoms with Crippen molar-refractivity contribution in [1.82, 2.24) is 15.2 Å². The van der Waals surface area contributed by atoms with E-state index in [-0.39, 0.29) is 0 Å². The molecule has 0 aliphatic heterocycles. The number of aromatic nitrogens is 3. The third-order valence-corrected chi connectivity index (χ3v) is 2.88. The van der Waals surface area contributed by atoms with E-state index < -0.39 is 12.2 Å². The highest BCUT2D eigenvalue weighted by atomic mass is 79.9. The van der Waals surface area contributed by atoms with Crippen molar-refractivity contribution >= 4 is 27.0 Å². The van der Waals surface area contributed by atoms with E-state index in [4.69, 9.17) is 0 Å². The fourth-order valence-corrected chi connectivity index (χ4v) is 2.03. The lowest BCUT2D eigenvalue weighted by Crippen LogP contribution is -2.19. The molecule has 0 aliphatic rings. The van der Waals surface area contributed by atoms with Gasteiger partial charge in [0.25, 0.3) is 0 Å². The number of halogens is 1. The Morgan fingerprint density at radius 2 is 2.25 bits per heavy atom. The number of alkyl halides is 1. The number of aromatic amines is 1. The minimum atomic E-state index is -0.966. The largest absolute Gasteiger partial charge is 0.390 e. The second kappa shape index (κ2) is 4.90. The van der Waals surface area contributed by atoms with E-state index in [1.54, 1.807) is 12.3 Å². The molecule has 16 heavy (non-hydrogen) atoms. The predicted octanol–water partition coefficient (Wildman–Crippen LogP) is 1.14. The molecule has 0 bridgehead atoms. The monoisotopic (exact) mass is 285 g/mol. The number of rotatable bonds is 4. The van der Waals surface area contributed by atoms with Crippen molar-refractivity contribution in [3.8, 4) is 0 Å². The Kier molecular flexibility index (Phi) is 3.52. The normalized spacial score (nSPS) is 15.2. The molecule has 0 radical (unpaired) electrons. The molecule has 2 aromatic rings. The highest BCUT2D eigenvalue weighted by molar-refractivity contribution is 9.09. The third kappa shape index (κ3) is 2.09. The number of H-pyrrole nitrogens is 1. The van der Waals surface area contributed by atoms with Crippen molar-refractivity contribution in [2.45, 2.75) is 18.6 Å². The zero-order valence-corrected chi connectivity index (χ0v) is 10.1. The van der Waals surface area contributed by atoms with Gasteiger partial charge >= 0.3 is 0 Å². The van der Waals surface area contributed by atoms with E-state index >= 15 is 0 Å². The maximum atomic E-state index is 9.94. The molecule has 3 N–H and O–H groups in total. The van der Waals surface area contributed by atoms with Gasteiger partial charge in [0.1, 0.15) is 6.10 Å². The fourth-order valence-electron chi connectivity index (χ4n) is 1.56. The van der Waals surface area contributed by atoms with Gasteiger partial charge in [-0.05, 0) is 18.6 Å². The summed E-state index contributed by atoms with van der Waals surface area (Å²) in [7, 11) is 0. The maximum absolute atomic E-state index is 9.94. The summed E-state index contributed by atoms with van der Waals surface area (Å²) < 4.78 is 0. The minimum absolute atomic E-state index is 0.474. The van der Waals surface area contributed by atoms with Crippen LogP contribution in [0.25, 0.3) is 11.0 Å². The molecule has 0 amide bonds. The molecule has 0 aliphatic carbocycles. The van der Waals surface area contributed by atoms with Gasteiger partial charge < -0.3 is 10.2 Å². The van der Waals surface area contributed by atoms with Crippen LogP contribution >= 0.6 is 15.9 Å². The van der Waals surface area contributed by atoms with Gasteiger partial charge in [-0.15, -0.1) is 0 Å². The van der Waals surface area contributed by atoms with Crippen LogP contribution in [-0.4, -0.2) is 36.8 Å². The second-order valence-electron chi connectivity index (χ2n) is 3.50. The number of aliphatic hydroxyl groups excluding tert-OH is 2. The number of hydrogen-bond acceptors (Lipinski definition) is 4. The SMILES string of the molecule is OC(CCBr)C(O)c1[nH]nc2ncccc12. The first kappa shape index (κ1) is 11.5. The van der Waals surface area contributed by atoms with E-state index in [1.807, 2.05) is 6.07 Å². The maximum Gasteiger partial charge on any atom is 0.181 e. The Bertz CT molecular complexity index is 474. The molecule has 5 nitrogen and oxygen atoms in total. The molecule has 0 saturated heterocycles. The molecule has 2 unspecified atom stereocenters. The number of pyridine rings is 1. The van der Waals surface area contributed by atoms with Crippen LogP contribution in [0, 0.1) is 0 Å². The van der Waals surface area contributed by atoms with E-state index in [0.29, 0.717) is 23.1 Å². The van der Waals surface area contributed by atoms with Gasteiger partial charge in [-0.3, -0.25) is 5.10 Å². The van der Waals surface area contributed by atoms with Crippen LogP contribution in [-0.2, 0) is 0 Å². The number of hydrogen-bond donors (Lipinski definition) is 3. The van der Waals surface area contributed by atoms with Crippen molar-refractivity contribution in [2.24, 2.45) is 0 Å². The lowest BCUT2D eigenvalue weighted by Gasteiger charge is -2.15. The minimum Gasteiger partial charge on any atom is -0.390 e. The van der Waals surface area contributed by atoms with Crippen molar-refractivity contribution in [1.29, 1.82) is 0 Å². The summed E-state index contributed by atoms with van der Waals surface area (Å²) in [6.45, 7) is 0. The molecule has 0 fully saturated rings. The van der Waals surface area contributed by atoms with Crippen molar-refractivity contribution in [3.63, 3.8) is 0 Å². The van der Waals surface area contributed by atoms with E-state index in [9.17, 15) is 10.2 Å². The quantitative estimate of drug-likeness (QED) is 0.736. The first-order valence-corrected chi connectivity index (χ1v) is 6.07. The molecule has 2 rings (SSSR count). The summed E-state index contributed by atoms with van der Waals surface area (Å²) in [6.07, 6.45) is 0.325. The van der Waals surface area contributed by atoms with Gasteiger partial charge in [0.05, 0.1) is 11.8 Å². The van der Waals surface area contributed by atoms with Gasteiger partial charge in [0.2, 0.25) is 0 Å². The first-order chi connectivity index (χ1) is 7.74. The Balaban J connectivity index is 2.32. The molecular formula is C10H12BrN3O2. The number of aliphatic hydroxyl groups is 2. The van der Waals surface area contributed by atoms with Crippen molar-refractivity contribution in [2.75, 3.05) is 5.33 Å². The molecule has 2 aromatic heterocycles. The molecule has 0 spiro atoms. The van der Waals surface area contributed by atoms with Gasteiger partial charge in [-0.25, -0.2) is 4.98 Å². The smallest absolute Gasteiger partial charge is 0.181 e. The molecule has 86 valence electrons. The number of nitrogens with zero attached hydrogens (tertiary/aromatic N) is 2. The third-order valence-electron chi connectivity index (χ3n) is 2.42. The lowest BCUT2D eigenvalue weighted by molar-refractivity contribution is 0.0156. The summed E-state index contributed by atoms with van der Waals surface area (Å²) in [4.78, 5) is 4.05. The predicted molar refractivity (Wildman–Crippen MR) is 63.3 cm³/mol. The molecule has 0 saturated carbocycles. The van der Waals surface area contributed by atoms with E-state index in [1.165, 1.54) is 0 Å².